The van der Waals surface area contributed by atoms with Gasteiger partial charge in [-0.15, -0.1) is 0 Å². The molecule has 34 heavy (non-hydrogen) atoms. The van der Waals surface area contributed by atoms with Crippen molar-refractivity contribution in [2.75, 3.05) is 25.0 Å². The molecule has 1 aliphatic carbocycles. The average molecular weight is 469 g/mol. The van der Waals surface area contributed by atoms with E-state index in [0.717, 1.165) is 63.1 Å². The highest BCUT2D eigenvalue weighted by Gasteiger charge is 2.45. The van der Waals surface area contributed by atoms with E-state index in [-0.39, 0.29) is 18.7 Å². The van der Waals surface area contributed by atoms with Crippen LogP contribution in [0.4, 0.5) is 5.69 Å². The van der Waals surface area contributed by atoms with Crippen molar-refractivity contribution in [3.8, 4) is 0 Å². The summed E-state index contributed by atoms with van der Waals surface area (Å²) in [6, 6.07) is 4.23. The molecule has 4 aliphatic rings. The Balaban J connectivity index is 1.19. The standard InChI is InChI=1S/C25H32N4O5/c30-21-9-8-20(23(31)28-21)29-24(32)18-2-1-3-19(22(18)25(29)33)27-14-15-4-6-16(7-5-15)34-17-10-12-26-13-11-17/h1-3,15-17,20,26-27H,4-14H2,(H,28,30,31). The number of piperidine rings is 2. The average Bonchev–Trinajstić information content (AvgIpc) is 3.10. The van der Waals surface area contributed by atoms with Gasteiger partial charge in [0.15, 0.2) is 0 Å². The van der Waals surface area contributed by atoms with Crippen LogP contribution >= 0.6 is 0 Å². The van der Waals surface area contributed by atoms with Crippen molar-refractivity contribution in [3.63, 3.8) is 0 Å². The summed E-state index contributed by atoms with van der Waals surface area (Å²) >= 11 is 0. The number of carbonyl (C=O) groups is 4. The Morgan fingerprint density at radius 3 is 2.38 bits per heavy atom. The molecular formula is C25H32N4O5. The van der Waals surface area contributed by atoms with Gasteiger partial charge in [0, 0.05) is 18.7 Å². The van der Waals surface area contributed by atoms with Crippen LogP contribution in [0.5, 0.6) is 0 Å². The topological polar surface area (TPSA) is 117 Å². The number of anilines is 1. The Bertz CT molecular complexity index is 982. The molecule has 9 heteroatoms. The molecule has 3 N–H and O–H groups in total. The minimum absolute atomic E-state index is 0.110. The second-order valence-corrected chi connectivity index (χ2v) is 9.78. The SMILES string of the molecule is O=C1CCC(N2C(=O)c3cccc(NCC4CCC(OC5CCNCC5)CC4)c3C2=O)C(=O)N1. The van der Waals surface area contributed by atoms with Crippen LogP contribution in [-0.2, 0) is 14.3 Å². The zero-order valence-electron chi connectivity index (χ0n) is 19.3. The molecule has 1 atom stereocenters. The monoisotopic (exact) mass is 468 g/mol. The minimum Gasteiger partial charge on any atom is -0.384 e. The van der Waals surface area contributed by atoms with Crippen LogP contribution in [0.3, 0.4) is 0 Å². The van der Waals surface area contributed by atoms with E-state index in [0.29, 0.717) is 34.9 Å². The molecule has 1 unspecified atom stereocenters. The van der Waals surface area contributed by atoms with Gasteiger partial charge in [0.2, 0.25) is 11.8 Å². The molecule has 182 valence electrons. The van der Waals surface area contributed by atoms with Crippen molar-refractivity contribution >= 4 is 29.3 Å². The highest BCUT2D eigenvalue weighted by Crippen LogP contribution is 2.34. The maximum Gasteiger partial charge on any atom is 0.264 e. The number of fused-ring (bicyclic) bond motifs is 1. The lowest BCUT2D eigenvalue weighted by Crippen LogP contribution is -2.54. The number of hydrogen-bond donors (Lipinski definition) is 3. The number of amides is 4. The predicted molar refractivity (Wildman–Crippen MR) is 124 cm³/mol. The van der Waals surface area contributed by atoms with Crippen LogP contribution in [0.25, 0.3) is 0 Å². The van der Waals surface area contributed by atoms with Crippen LogP contribution in [0.15, 0.2) is 18.2 Å². The Morgan fingerprint density at radius 2 is 1.65 bits per heavy atom. The van der Waals surface area contributed by atoms with Crippen LogP contribution < -0.4 is 16.0 Å². The van der Waals surface area contributed by atoms with Crippen LogP contribution in [0, 0.1) is 5.92 Å². The van der Waals surface area contributed by atoms with Gasteiger partial charge in [-0.3, -0.25) is 29.4 Å². The lowest BCUT2D eigenvalue weighted by molar-refractivity contribution is -0.136. The third-order valence-electron chi connectivity index (χ3n) is 7.51. The fourth-order valence-corrected chi connectivity index (χ4v) is 5.59. The van der Waals surface area contributed by atoms with E-state index in [1.54, 1.807) is 12.1 Å². The lowest BCUT2D eigenvalue weighted by atomic mass is 9.87. The highest BCUT2D eigenvalue weighted by atomic mass is 16.5. The van der Waals surface area contributed by atoms with E-state index in [1.165, 1.54) is 0 Å². The third kappa shape index (κ3) is 4.59. The summed E-state index contributed by atoms with van der Waals surface area (Å²) in [5.74, 6) is -1.45. The molecule has 1 aromatic carbocycles. The zero-order valence-corrected chi connectivity index (χ0v) is 19.3. The molecule has 4 amide bonds. The molecule has 1 saturated carbocycles. The van der Waals surface area contributed by atoms with Crippen LogP contribution in [0.1, 0.15) is 72.1 Å². The van der Waals surface area contributed by atoms with Gasteiger partial charge in [-0.1, -0.05) is 6.07 Å². The summed E-state index contributed by atoms with van der Waals surface area (Å²) in [6.45, 7) is 2.79. The fraction of sp³-hybridized carbons (Fsp3) is 0.600. The Labute approximate surface area is 199 Å². The molecular weight excluding hydrogens is 436 g/mol. The third-order valence-corrected chi connectivity index (χ3v) is 7.51. The summed E-state index contributed by atoms with van der Waals surface area (Å²) in [5, 5.41) is 9.00. The Hall–Kier alpha value is -2.78. The number of nitrogens with zero attached hydrogens (tertiary/aromatic N) is 1. The summed E-state index contributed by atoms with van der Waals surface area (Å²) in [4.78, 5) is 51.0. The first kappa shape index (κ1) is 23.0. The van der Waals surface area contributed by atoms with Crippen molar-refractivity contribution in [2.45, 2.75) is 69.6 Å². The van der Waals surface area contributed by atoms with Gasteiger partial charge in [0.05, 0.1) is 23.3 Å². The summed E-state index contributed by atoms with van der Waals surface area (Å²) in [5.41, 5.74) is 1.25. The van der Waals surface area contributed by atoms with E-state index in [1.807, 2.05) is 6.07 Å². The van der Waals surface area contributed by atoms with Crippen molar-refractivity contribution in [1.82, 2.24) is 15.5 Å². The van der Waals surface area contributed by atoms with E-state index >= 15 is 0 Å². The maximum atomic E-state index is 13.2. The van der Waals surface area contributed by atoms with E-state index < -0.39 is 23.8 Å². The van der Waals surface area contributed by atoms with Gasteiger partial charge in [-0.05, 0) is 76.1 Å². The van der Waals surface area contributed by atoms with E-state index in [9.17, 15) is 19.2 Å². The summed E-state index contributed by atoms with van der Waals surface area (Å²) in [6.07, 6.45) is 7.37. The van der Waals surface area contributed by atoms with Crippen molar-refractivity contribution in [1.29, 1.82) is 0 Å². The summed E-state index contributed by atoms with van der Waals surface area (Å²) in [7, 11) is 0. The lowest BCUT2D eigenvalue weighted by Gasteiger charge is -2.33. The van der Waals surface area contributed by atoms with Gasteiger partial charge in [-0.2, -0.15) is 0 Å². The van der Waals surface area contributed by atoms with Crippen molar-refractivity contribution < 1.29 is 23.9 Å². The number of ether oxygens (including phenoxy) is 1. The Morgan fingerprint density at radius 1 is 0.912 bits per heavy atom. The first-order valence-electron chi connectivity index (χ1n) is 12.5. The number of nitrogens with one attached hydrogen (secondary N) is 3. The van der Waals surface area contributed by atoms with Crippen LogP contribution in [-0.4, -0.2) is 66.4 Å². The molecule has 3 fully saturated rings. The second kappa shape index (κ2) is 9.84. The smallest absolute Gasteiger partial charge is 0.264 e. The Kier molecular flexibility index (Phi) is 6.65. The predicted octanol–water partition coefficient (Wildman–Crippen LogP) is 1.83. The molecule has 5 rings (SSSR count). The largest absolute Gasteiger partial charge is 0.384 e. The van der Waals surface area contributed by atoms with Crippen molar-refractivity contribution in [2.24, 2.45) is 5.92 Å². The van der Waals surface area contributed by atoms with Gasteiger partial charge in [-0.25, -0.2) is 0 Å². The molecule has 0 radical (unpaired) electrons. The molecule has 0 spiro atoms. The molecule has 0 aromatic heterocycles. The zero-order chi connectivity index (χ0) is 23.7. The number of imide groups is 2. The summed E-state index contributed by atoms with van der Waals surface area (Å²) < 4.78 is 6.31. The van der Waals surface area contributed by atoms with Gasteiger partial charge in [0.1, 0.15) is 6.04 Å². The molecule has 0 bridgehead atoms. The van der Waals surface area contributed by atoms with E-state index in [2.05, 4.69) is 16.0 Å². The quantitative estimate of drug-likeness (QED) is 0.545. The normalized spacial score (nSPS) is 28.1. The fourth-order valence-electron chi connectivity index (χ4n) is 5.59. The van der Waals surface area contributed by atoms with E-state index in [4.69, 9.17) is 4.74 Å². The molecule has 9 nitrogen and oxygen atoms in total. The maximum absolute atomic E-state index is 13.2. The van der Waals surface area contributed by atoms with Gasteiger partial charge < -0.3 is 15.4 Å². The van der Waals surface area contributed by atoms with Gasteiger partial charge >= 0.3 is 0 Å². The minimum atomic E-state index is -0.951. The number of hydrogen-bond acceptors (Lipinski definition) is 7. The van der Waals surface area contributed by atoms with Crippen molar-refractivity contribution in [3.05, 3.63) is 29.3 Å². The first-order chi connectivity index (χ1) is 16.5. The molecule has 2 saturated heterocycles. The molecule has 3 heterocycles. The highest BCUT2D eigenvalue weighted by molar-refractivity contribution is 6.25. The molecule has 1 aromatic rings. The number of rotatable bonds is 6. The van der Waals surface area contributed by atoms with Crippen LogP contribution in [0.2, 0.25) is 0 Å². The second-order valence-electron chi connectivity index (χ2n) is 9.78. The number of benzene rings is 1. The first-order valence-corrected chi connectivity index (χ1v) is 12.5. The molecule has 3 aliphatic heterocycles. The number of carbonyl (C=O) groups excluding carboxylic acids is 4. The van der Waals surface area contributed by atoms with Gasteiger partial charge in [0.25, 0.3) is 11.8 Å².